The molecule has 4 heterocycles. The van der Waals surface area contributed by atoms with Crippen molar-refractivity contribution in [3.8, 4) is 39.9 Å². The van der Waals surface area contributed by atoms with Gasteiger partial charge in [0.15, 0.2) is 17.5 Å². The van der Waals surface area contributed by atoms with E-state index >= 15 is 0 Å². The van der Waals surface area contributed by atoms with Crippen LogP contribution in [0.2, 0.25) is 0 Å². The maximum atomic E-state index is 6.13. The molecule has 51 heavy (non-hydrogen) atoms. The van der Waals surface area contributed by atoms with Crippen molar-refractivity contribution in [3.63, 3.8) is 0 Å². The molecule has 0 spiro atoms. The van der Waals surface area contributed by atoms with E-state index in [0.29, 0.717) is 17.5 Å². The average molecular weight is 671 g/mol. The average Bonchev–Trinajstić information content (AvgIpc) is 3.87. The molecule has 0 saturated heterocycles. The molecular weight excluding hydrogens is 645 g/mol. The molecule has 0 amide bonds. The third-order valence-electron chi connectivity index (χ3n) is 9.85. The zero-order chi connectivity index (χ0) is 33.5. The van der Waals surface area contributed by atoms with E-state index in [-0.39, 0.29) is 0 Å². The first kappa shape index (κ1) is 28.2. The Bertz CT molecular complexity index is 3100. The van der Waals surface area contributed by atoms with Gasteiger partial charge in [-0.15, -0.1) is 11.3 Å². The highest BCUT2D eigenvalue weighted by Crippen LogP contribution is 2.42. The predicted octanol–water partition coefficient (Wildman–Crippen LogP) is 12.2. The quantitative estimate of drug-likeness (QED) is 0.187. The molecule has 11 aromatic rings. The number of fused-ring (bicyclic) bond motifs is 9. The smallest absolute Gasteiger partial charge is 0.164 e. The lowest BCUT2D eigenvalue weighted by molar-refractivity contribution is 0.669. The molecule has 0 aliphatic carbocycles. The van der Waals surface area contributed by atoms with Gasteiger partial charge in [0.1, 0.15) is 11.2 Å². The number of hydrogen-bond acceptors (Lipinski definition) is 5. The van der Waals surface area contributed by atoms with Crippen LogP contribution in [0.4, 0.5) is 0 Å². The number of aromatic nitrogens is 4. The molecule has 0 N–H and O–H groups in total. The second-order valence-corrected chi connectivity index (χ2v) is 13.9. The summed E-state index contributed by atoms with van der Waals surface area (Å²) in [5, 5.41) is 7.01. The zero-order valence-electron chi connectivity index (χ0n) is 27.1. The van der Waals surface area contributed by atoms with Crippen LogP contribution >= 0.6 is 11.3 Å². The Labute approximate surface area is 295 Å². The Morgan fingerprint density at radius 2 is 1.00 bits per heavy atom. The molecule has 238 valence electrons. The highest BCUT2D eigenvalue weighted by Gasteiger charge is 2.19. The third kappa shape index (κ3) is 4.37. The second kappa shape index (κ2) is 10.9. The van der Waals surface area contributed by atoms with E-state index in [9.17, 15) is 0 Å². The summed E-state index contributed by atoms with van der Waals surface area (Å²) in [6.45, 7) is 0. The van der Waals surface area contributed by atoms with Gasteiger partial charge in [-0.3, -0.25) is 0 Å². The number of benzene rings is 7. The Hall–Kier alpha value is -6.63. The molecule has 0 radical (unpaired) electrons. The van der Waals surface area contributed by atoms with Crippen LogP contribution in [0.1, 0.15) is 0 Å². The Balaban J connectivity index is 1.14. The Morgan fingerprint density at radius 1 is 0.412 bits per heavy atom. The fourth-order valence-electron chi connectivity index (χ4n) is 7.53. The number of rotatable bonds is 4. The van der Waals surface area contributed by atoms with Crippen LogP contribution < -0.4 is 0 Å². The molecule has 0 saturated carbocycles. The van der Waals surface area contributed by atoms with E-state index < -0.39 is 0 Å². The van der Waals surface area contributed by atoms with Gasteiger partial charge in [0.05, 0.1) is 16.7 Å². The zero-order valence-corrected chi connectivity index (χ0v) is 27.9. The van der Waals surface area contributed by atoms with Crippen LogP contribution in [0.5, 0.6) is 0 Å². The van der Waals surface area contributed by atoms with Gasteiger partial charge in [-0.2, -0.15) is 0 Å². The number of para-hydroxylation sites is 3. The largest absolute Gasteiger partial charge is 0.456 e. The minimum Gasteiger partial charge on any atom is -0.456 e. The van der Waals surface area contributed by atoms with Crippen molar-refractivity contribution < 1.29 is 4.42 Å². The summed E-state index contributed by atoms with van der Waals surface area (Å²) in [6.07, 6.45) is 0. The summed E-state index contributed by atoms with van der Waals surface area (Å²) in [5.74, 6) is 1.88. The van der Waals surface area contributed by atoms with Gasteiger partial charge >= 0.3 is 0 Å². The topological polar surface area (TPSA) is 56.7 Å². The van der Waals surface area contributed by atoms with Crippen molar-refractivity contribution in [2.45, 2.75) is 0 Å². The Kier molecular flexibility index (Phi) is 6.05. The summed E-state index contributed by atoms with van der Waals surface area (Å²) in [6, 6.07) is 55.0. The standard InChI is InChI=1S/C45H26N4OS/c1-2-11-27(12-3-1)43-46-44(28-21-23-39-33(25-28)32-15-6-9-19-38(32)50-39)48-45(47-43)29-22-24-40-34(26-29)42-37(18-10-20-41(42)51-40)49-35-16-7-4-13-30(35)31-14-5-8-17-36(31)49/h1-26H. The van der Waals surface area contributed by atoms with Crippen LogP contribution in [-0.2, 0) is 0 Å². The van der Waals surface area contributed by atoms with Crippen molar-refractivity contribution in [1.29, 1.82) is 0 Å². The summed E-state index contributed by atoms with van der Waals surface area (Å²) >= 11 is 1.82. The molecule has 11 rings (SSSR count). The van der Waals surface area contributed by atoms with Crippen molar-refractivity contribution in [3.05, 3.63) is 158 Å². The summed E-state index contributed by atoms with van der Waals surface area (Å²) in [7, 11) is 0. The molecule has 0 atom stereocenters. The number of nitrogens with zero attached hydrogens (tertiary/aromatic N) is 4. The number of hydrogen-bond donors (Lipinski definition) is 0. The van der Waals surface area contributed by atoms with Gasteiger partial charge in [-0.1, -0.05) is 91.0 Å². The molecule has 6 heteroatoms. The van der Waals surface area contributed by atoms with E-state index in [1.54, 1.807) is 0 Å². The number of thiophene rings is 1. The van der Waals surface area contributed by atoms with Crippen LogP contribution in [0.15, 0.2) is 162 Å². The van der Waals surface area contributed by atoms with E-state index in [1.165, 1.54) is 42.0 Å². The van der Waals surface area contributed by atoms with E-state index in [4.69, 9.17) is 19.4 Å². The normalized spacial score (nSPS) is 11.9. The first-order valence-corrected chi connectivity index (χ1v) is 17.8. The second-order valence-electron chi connectivity index (χ2n) is 12.8. The monoisotopic (exact) mass is 670 g/mol. The molecule has 0 bridgehead atoms. The highest BCUT2D eigenvalue weighted by molar-refractivity contribution is 7.25. The molecular formula is C45H26N4OS. The van der Waals surface area contributed by atoms with Gasteiger partial charge in [0.25, 0.3) is 0 Å². The van der Waals surface area contributed by atoms with Crippen molar-refractivity contribution in [2.75, 3.05) is 0 Å². The van der Waals surface area contributed by atoms with Crippen LogP contribution in [0, 0.1) is 0 Å². The minimum atomic E-state index is 0.618. The third-order valence-corrected chi connectivity index (χ3v) is 11.0. The first-order valence-electron chi connectivity index (χ1n) is 16.9. The molecule has 0 aliphatic rings. The lowest BCUT2D eigenvalue weighted by atomic mass is 10.1. The van der Waals surface area contributed by atoms with Gasteiger partial charge in [-0.25, -0.2) is 15.0 Å². The summed E-state index contributed by atoms with van der Waals surface area (Å²) in [4.78, 5) is 15.3. The van der Waals surface area contributed by atoms with Crippen molar-refractivity contribution >= 4 is 75.3 Å². The fourth-order valence-corrected chi connectivity index (χ4v) is 8.64. The lowest BCUT2D eigenvalue weighted by Crippen LogP contribution is -2.00. The molecule has 7 aromatic carbocycles. The maximum absolute atomic E-state index is 6.13. The molecule has 4 aromatic heterocycles. The highest BCUT2D eigenvalue weighted by atomic mass is 32.1. The summed E-state index contributed by atoms with van der Waals surface area (Å²) < 4.78 is 11.0. The first-order chi connectivity index (χ1) is 25.3. The van der Waals surface area contributed by atoms with E-state index in [0.717, 1.165) is 44.3 Å². The van der Waals surface area contributed by atoms with Gasteiger partial charge in [-0.05, 0) is 66.7 Å². The lowest BCUT2D eigenvalue weighted by Gasteiger charge is -2.11. The molecule has 0 aliphatic heterocycles. The van der Waals surface area contributed by atoms with Crippen molar-refractivity contribution in [1.82, 2.24) is 19.5 Å². The minimum absolute atomic E-state index is 0.618. The Morgan fingerprint density at radius 3 is 1.75 bits per heavy atom. The van der Waals surface area contributed by atoms with Crippen LogP contribution in [0.25, 0.3) is 104 Å². The SMILES string of the molecule is c1ccc(-c2nc(-c3ccc4oc5ccccc5c4c3)nc(-c3ccc4sc5cccc(-n6c7ccccc7c7ccccc76)c5c4c3)n2)cc1. The number of furan rings is 1. The maximum Gasteiger partial charge on any atom is 0.164 e. The van der Waals surface area contributed by atoms with Gasteiger partial charge in [0.2, 0.25) is 0 Å². The molecule has 0 fully saturated rings. The van der Waals surface area contributed by atoms with E-state index in [2.05, 4.69) is 102 Å². The molecule has 5 nitrogen and oxygen atoms in total. The predicted molar refractivity (Wildman–Crippen MR) is 211 cm³/mol. The van der Waals surface area contributed by atoms with E-state index in [1.807, 2.05) is 72.0 Å². The van der Waals surface area contributed by atoms with Gasteiger partial charge in [0, 0.05) is 58.4 Å². The molecule has 0 unspecified atom stereocenters. The van der Waals surface area contributed by atoms with Crippen LogP contribution in [-0.4, -0.2) is 19.5 Å². The summed E-state index contributed by atoms with van der Waals surface area (Å²) in [5.41, 5.74) is 8.04. The van der Waals surface area contributed by atoms with Gasteiger partial charge < -0.3 is 8.98 Å². The fraction of sp³-hybridized carbons (Fsp3) is 0. The van der Waals surface area contributed by atoms with Crippen LogP contribution in [0.3, 0.4) is 0 Å². The van der Waals surface area contributed by atoms with Crippen molar-refractivity contribution in [2.24, 2.45) is 0 Å².